The van der Waals surface area contributed by atoms with Gasteiger partial charge in [0, 0.05) is 19.3 Å². The number of alkyl halides is 3. The van der Waals surface area contributed by atoms with Gasteiger partial charge in [-0.15, -0.1) is 5.10 Å². The molecule has 6 nitrogen and oxygen atoms in total. The van der Waals surface area contributed by atoms with Gasteiger partial charge in [0.15, 0.2) is 11.5 Å². The molecular weight excluding hydrogens is 323 g/mol. The molecular formula is C15H16F3N5O. The molecule has 0 aromatic carbocycles. The Kier molecular flexibility index (Phi) is 4.25. The highest BCUT2D eigenvalue weighted by atomic mass is 19.4. The minimum absolute atomic E-state index is 0.158. The molecule has 0 aliphatic carbocycles. The van der Waals surface area contributed by atoms with Crippen molar-refractivity contribution in [3.63, 3.8) is 0 Å². The summed E-state index contributed by atoms with van der Waals surface area (Å²) in [5.41, 5.74) is -0.684. The molecule has 1 amide bonds. The van der Waals surface area contributed by atoms with Crippen molar-refractivity contribution in [1.82, 2.24) is 24.9 Å². The summed E-state index contributed by atoms with van der Waals surface area (Å²) in [6.45, 7) is 3.43. The molecule has 1 saturated heterocycles. The molecule has 0 spiro atoms. The van der Waals surface area contributed by atoms with Crippen LogP contribution in [0.15, 0.2) is 24.5 Å². The van der Waals surface area contributed by atoms with E-state index in [0.29, 0.717) is 19.0 Å². The minimum atomic E-state index is -4.44. The van der Waals surface area contributed by atoms with E-state index in [9.17, 15) is 18.0 Å². The summed E-state index contributed by atoms with van der Waals surface area (Å²) < 4.78 is 38.8. The monoisotopic (exact) mass is 339 g/mol. The lowest BCUT2D eigenvalue weighted by Crippen LogP contribution is -2.39. The van der Waals surface area contributed by atoms with Gasteiger partial charge in [-0.05, 0) is 30.9 Å². The van der Waals surface area contributed by atoms with Gasteiger partial charge in [0.1, 0.15) is 0 Å². The maximum absolute atomic E-state index is 12.5. The Morgan fingerprint density at radius 2 is 2.12 bits per heavy atom. The van der Waals surface area contributed by atoms with Crippen molar-refractivity contribution in [2.24, 2.45) is 5.92 Å². The molecule has 0 bridgehead atoms. The summed E-state index contributed by atoms with van der Waals surface area (Å²) in [6, 6.07) is 2.10. The standard InChI is InChI=1S/C15H16F3N5O/c1-10-3-2-6-22(8-10)14(24)12-9-23(21-20-12)13-5-4-11(7-19-13)15(16,17)18/h4-5,7,9-10H,2-3,6,8H2,1H3/t10-/m0/s1. The van der Waals surface area contributed by atoms with Crippen LogP contribution in [0.5, 0.6) is 0 Å². The smallest absolute Gasteiger partial charge is 0.337 e. The third-order valence-corrected chi connectivity index (χ3v) is 3.97. The Bertz CT molecular complexity index is 725. The Morgan fingerprint density at radius 3 is 2.75 bits per heavy atom. The molecule has 2 aromatic heterocycles. The topological polar surface area (TPSA) is 63.9 Å². The molecule has 2 aromatic rings. The van der Waals surface area contributed by atoms with E-state index in [1.165, 1.54) is 16.9 Å². The van der Waals surface area contributed by atoms with Crippen molar-refractivity contribution in [3.05, 3.63) is 35.8 Å². The summed E-state index contributed by atoms with van der Waals surface area (Å²) in [6.07, 6.45) is -0.296. The molecule has 1 fully saturated rings. The highest BCUT2D eigenvalue weighted by Gasteiger charge is 2.31. The zero-order valence-electron chi connectivity index (χ0n) is 13.0. The van der Waals surface area contributed by atoms with Gasteiger partial charge in [-0.1, -0.05) is 12.1 Å². The average molecular weight is 339 g/mol. The normalized spacial score (nSPS) is 18.7. The van der Waals surface area contributed by atoms with Crippen molar-refractivity contribution < 1.29 is 18.0 Å². The third-order valence-electron chi connectivity index (χ3n) is 3.97. The molecule has 0 radical (unpaired) electrons. The Labute approximate surface area is 136 Å². The number of nitrogens with zero attached hydrogens (tertiary/aromatic N) is 5. The lowest BCUT2D eigenvalue weighted by atomic mass is 10.0. The van der Waals surface area contributed by atoms with Crippen LogP contribution < -0.4 is 0 Å². The van der Waals surface area contributed by atoms with Crippen molar-refractivity contribution in [2.75, 3.05) is 13.1 Å². The van der Waals surface area contributed by atoms with Gasteiger partial charge in [-0.25, -0.2) is 9.67 Å². The number of hydrogen-bond donors (Lipinski definition) is 0. The first-order chi connectivity index (χ1) is 11.3. The number of carbonyl (C=O) groups is 1. The first kappa shape index (κ1) is 16.4. The van der Waals surface area contributed by atoms with Gasteiger partial charge in [-0.3, -0.25) is 4.79 Å². The maximum atomic E-state index is 12.5. The van der Waals surface area contributed by atoms with Crippen LogP contribution in [-0.4, -0.2) is 43.9 Å². The number of piperidine rings is 1. The first-order valence-corrected chi connectivity index (χ1v) is 7.60. The zero-order valence-corrected chi connectivity index (χ0v) is 13.0. The van der Waals surface area contributed by atoms with E-state index in [4.69, 9.17) is 0 Å². The van der Waals surface area contributed by atoms with Crippen LogP contribution in [0.25, 0.3) is 5.82 Å². The van der Waals surface area contributed by atoms with E-state index in [1.807, 2.05) is 0 Å². The van der Waals surface area contributed by atoms with Gasteiger partial charge in [0.25, 0.3) is 5.91 Å². The number of rotatable bonds is 2. The molecule has 3 heterocycles. The van der Waals surface area contributed by atoms with Crippen molar-refractivity contribution in [1.29, 1.82) is 0 Å². The highest BCUT2D eigenvalue weighted by molar-refractivity contribution is 5.92. The fourth-order valence-electron chi connectivity index (χ4n) is 2.70. The quantitative estimate of drug-likeness (QED) is 0.843. The molecule has 3 rings (SSSR count). The van der Waals surface area contributed by atoms with Gasteiger partial charge >= 0.3 is 6.18 Å². The molecule has 9 heteroatoms. The number of likely N-dealkylation sites (tertiary alicyclic amines) is 1. The SMILES string of the molecule is C[C@H]1CCCN(C(=O)c2cn(-c3ccc(C(F)(F)F)cn3)nn2)C1. The second kappa shape index (κ2) is 6.21. The van der Waals surface area contributed by atoms with Gasteiger partial charge in [0.2, 0.25) is 0 Å². The van der Waals surface area contributed by atoms with Crippen molar-refractivity contribution in [3.8, 4) is 5.82 Å². The number of carbonyl (C=O) groups excluding carboxylic acids is 1. The largest absolute Gasteiger partial charge is 0.417 e. The van der Waals surface area contributed by atoms with Crippen LogP contribution in [0.2, 0.25) is 0 Å². The number of hydrogen-bond acceptors (Lipinski definition) is 4. The molecule has 1 aliphatic rings. The third kappa shape index (κ3) is 3.39. The molecule has 1 atom stereocenters. The summed E-state index contributed by atoms with van der Waals surface area (Å²) >= 11 is 0. The fourth-order valence-corrected chi connectivity index (χ4v) is 2.70. The summed E-state index contributed by atoms with van der Waals surface area (Å²) in [7, 11) is 0. The lowest BCUT2D eigenvalue weighted by molar-refractivity contribution is -0.137. The van der Waals surface area contributed by atoms with Crippen LogP contribution in [0, 0.1) is 5.92 Å². The maximum Gasteiger partial charge on any atom is 0.417 e. The summed E-state index contributed by atoms with van der Waals surface area (Å²) in [5, 5.41) is 7.61. The van der Waals surface area contributed by atoms with Gasteiger partial charge < -0.3 is 4.90 Å². The predicted molar refractivity (Wildman–Crippen MR) is 78.5 cm³/mol. The molecule has 128 valence electrons. The number of halogens is 3. The average Bonchev–Trinajstić information content (AvgIpc) is 3.03. The molecule has 24 heavy (non-hydrogen) atoms. The van der Waals surface area contributed by atoms with Crippen molar-refractivity contribution in [2.45, 2.75) is 25.9 Å². The van der Waals surface area contributed by atoms with E-state index in [-0.39, 0.29) is 17.4 Å². The Balaban J connectivity index is 1.76. The molecule has 1 aliphatic heterocycles. The van der Waals surface area contributed by atoms with Crippen LogP contribution >= 0.6 is 0 Å². The van der Waals surface area contributed by atoms with Crippen molar-refractivity contribution >= 4 is 5.91 Å². The van der Waals surface area contributed by atoms with E-state index in [0.717, 1.165) is 25.1 Å². The Morgan fingerprint density at radius 1 is 1.33 bits per heavy atom. The number of amides is 1. The first-order valence-electron chi connectivity index (χ1n) is 7.60. The molecule has 0 saturated carbocycles. The van der Waals surface area contributed by atoms with Gasteiger partial charge in [0.05, 0.1) is 11.8 Å². The van der Waals surface area contributed by atoms with E-state index in [1.54, 1.807) is 4.90 Å². The zero-order chi connectivity index (χ0) is 17.3. The lowest BCUT2D eigenvalue weighted by Gasteiger charge is -2.30. The van der Waals surface area contributed by atoms with Crippen LogP contribution in [0.1, 0.15) is 35.8 Å². The van der Waals surface area contributed by atoms with Crippen LogP contribution in [0.4, 0.5) is 13.2 Å². The number of pyridine rings is 1. The minimum Gasteiger partial charge on any atom is -0.337 e. The summed E-state index contributed by atoms with van der Waals surface area (Å²) in [4.78, 5) is 17.9. The Hall–Kier alpha value is -2.45. The fraction of sp³-hybridized carbons (Fsp3) is 0.467. The predicted octanol–water partition coefficient (Wildman–Crippen LogP) is 2.55. The van der Waals surface area contributed by atoms with E-state index >= 15 is 0 Å². The van der Waals surface area contributed by atoms with E-state index < -0.39 is 11.7 Å². The van der Waals surface area contributed by atoms with E-state index in [2.05, 4.69) is 22.2 Å². The highest BCUT2D eigenvalue weighted by Crippen LogP contribution is 2.28. The van der Waals surface area contributed by atoms with Crippen LogP contribution in [-0.2, 0) is 6.18 Å². The van der Waals surface area contributed by atoms with Gasteiger partial charge in [-0.2, -0.15) is 13.2 Å². The second-order valence-corrected chi connectivity index (χ2v) is 5.95. The molecule has 0 unspecified atom stereocenters. The number of aromatic nitrogens is 4. The molecule has 0 N–H and O–H groups in total. The second-order valence-electron chi connectivity index (χ2n) is 5.95. The van der Waals surface area contributed by atoms with Crippen LogP contribution in [0.3, 0.4) is 0 Å². The summed E-state index contributed by atoms with van der Waals surface area (Å²) in [5.74, 6) is 0.385.